The molecule has 3 nitrogen and oxygen atoms in total. The third kappa shape index (κ3) is 3.72. The summed E-state index contributed by atoms with van der Waals surface area (Å²) in [5.74, 6) is 0.0119. The minimum Gasteiger partial charge on any atom is -0.341 e. The van der Waals surface area contributed by atoms with Crippen LogP contribution in [0.15, 0.2) is 24.3 Å². The predicted octanol–water partition coefficient (Wildman–Crippen LogP) is 2.20. The summed E-state index contributed by atoms with van der Waals surface area (Å²) in [6.07, 6.45) is -2.76. The Labute approximate surface area is 115 Å². The van der Waals surface area contributed by atoms with Gasteiger partial charge in [-0.25, -0.2) is 0 Å². The van der Waals surface area contributed by atoms with Crippen molar-refractivity contribution in [2.75, 3.05) is 13.1 Å². The van der Waals surface area contributed by atoms with Gasteiger partial charge in [0, 0.05) is 25.6 Å². The van der Waals surface area contributed by atoms with Crippen LogP contribution in [0.1, 0.15) is 24.0 Å². The van der Waals surface area contributed by atoms with E-state index >= 15 is 0 Å². The number of aryl methyl sites for hydroxylation is 1. The van der Waals surface area contributed by atoms with Crippen molar-refractivity contribution in [1.29, 1.82) is 0 Å². The van der Waals surface area contributed by atoms with Crippen molar-refractivity contribution in [3.63, 3.8) is 0 Å². The van der Waals surface area contributed by atoms with Crippen LogP contribution in [-0.2, 0) is 17.4 Å². The van der Waals surface area contributed by atoms with E-state index in [1.807, 2.05) is 0 Å². The minimum atomic E-state index is -4.32. The second-order valence-corrected chi connectivity index (χ2v) is 5.08. The van der Waals surface area contributed by atoms with E-state index in [4.69, 9.17) is 5.73 Å². The molecule has 6 heteroatoms. The van der Waals surface area contributed by atoms with Crippen LogP contribution in [0.3, 0.4) is 0 Å². The summed E-state index contributed by atoms with van der Waals surface area (Å²) in [4.78, 5) is 13.6. The Bertz CT molecular complexity index is 470. The van der Waals surface area contributed by atoms with E-state index in [1.54, 1.807) is 4.90 Å². The topological polar surface area (TPSA) is 46.3 Å². The number of amides is 1. The number of carbonyl (C=O) groups excluding carboxylic acids is 1. The van der Waals surface area contributed by atoms with Crippen LogP contribution in [0.5, 0.6) is 0 Å². The van der Waals surface area contributed by atoms with Crippen molar-refractivity contribution in [3.8, 4) is 0 Å². The summed E-state index contributed by atoms with van der Waals surface area (Å²) in [6.45, 7) is 1.25. The molecule has 0 aliphatic carbocycles. The zero-order chi connectivity index (χ0) is 14.8. The maximum Gasteiger partial charge on any atom is 0.416 e. The first kappa shape index (κ1) is 14.8. The Balaban J connectivity index is 1.86. The first-order valence-electron chi connectivity index (χ1n) is 6.56. The van der Waals surface area contributed by atoms with Gasteiger partial charge >= 0.3 is 6.18 Å². The number of likely N-dealkylation sites (tertiary alicyclic amines) is 1. The summed E-state index contributed by atoms with van der Waals surface area (Å²) < 4.78 is 37.2. The van der Waals surface area contributed by atoms with Crippen LogP contribution in [-0.4, -0.2) is 29.9 Å². The molecule has 2 N–H and O–H groups in total. The summed E-state index contributed by atoms with van der Waals surface area (Å²) in [6, 6.07) is 4.99. The standard InChI is InChI=1S/C14H17F3N2O/c15-14(16,17)11-4-1-10(2-5-11)3-6-13(20)19-8-7-12(18)9-19/h1-2,4-5,12H,3,6-9,18H2. The van der Waals surface area contributed by atoms with Gasteiger partial charge in [0.05, 0.1) is 5.56 Å². The maximum absolute atomic E-state index is 12.4. The molecule has 0 bridgehead atoms. The quantitative estimate of drug-likeness (QED) is 0.926. The van der Waals surface area contributed by atoms with Gasteiger partial charge in [-0.15, -0.1) is 0 Å². The van der Waals surface area contributed by atoms with Gasteiger partial charge in [-0.05, 0) is 30.5 Å². The molecule has 1 atom stereocenters. The molecule has 1 aromatic rings. The zero-order valence-corrected chi connectivity index (χ0v) is 11.0. The number of hydrogen-bond donors (Lipinski definition) is 1. The number of halogens is 3. The molecule has 1 aliphatic heterocycles. The lowest BCUT2D eigenvalue weighted by atomic mass is 10.1. The fraction of sp³-hybridized carbons (Fsp3) is 0.500. The molecule has 1 aliphatic rings. The van der Waals surface area contributed by atoms with Crippen molar-refractivity contribution in [3.05, 3.63) is 35.4 Å². The monoisotopic (exact) mass is 286 g/mol. The molecule has 1 unspecified atom stereocenters. The minimum absolute atomic E-state index is 0.0119. The molecular weight excluding hydrogens is 269 g/mol. The number of alkyl halides is 3. The number of nitrogens with zero attached hydrogens (tertiary/aromatic N) is 1. The van der Waals surface area contributed by atoms with E-state index in [9.17, 15) is 18.0 Å². The van der Waals surface area contributed by atoms with Gasteiger partial charge in [0.15, 0.2) is 0 Å². The lowest BCUT2D eigenvalue weighted by molar-refractivity contribution is -0.137. The van der Waals surface area contributed by atoms with Crippen molar-refractivity contribution in [1.82, 2.24) is 4.90 Å². The number of carbonyl (C=O) groups is 1. The third-order valence-corrected chi connectivity index (χ3v) is 3.49. The zero-order valence-electron chi connectivity index (χ0n) is 11.0. The summed E-state index contributed by atoms with van der Waals surface area (Å²) in [5.41, 5.74) is 5.79. The van der Waals surface area contributed by atoms with E-state index in [0.29, 0.717) is 25.9 Å². The Kier molecular flexibility index (Phi) is 4.32. The Morgan fingerprint density at radius 2 is 1.95 bits per heavy atom. The van der Waals surface area contributed by atoms with Gasteiger partial charge in [-0.2, -0.15) is 13.2 Å². The number of hydrogen-bond acceptors (Lipinski definition) is 2. The number of nitrogens with two attached hydrogens (primary N) is 1. The molecule has 0 saturated carbocycles. The second kappa shape index (κ2) is 5.83. The number of rotatable bonds is 3. The van der Waals surface area contributed by atoms with Crippen molar-refractivity contribution < 1.29 is 18.0 Å². The highest BCUT2D eigenvalue weighted by Gasteiger charge is 2.30. The summed E-state index contributed by atoms with van der Waals surface area (Å²) >= 11 is 0. The highest BCUT2D eigenvalue weighted by molar-refractivity contribution is 5.76. The van der Waals surface area contributed by atoms with Crippen LogP contribution in [0.2, 0.25) is 0 Å². The van der Waals surface area contributed by atoms with Gasteiger partial charge in [-0.1, -0.05) is 12.1 Å². The first-order chi connectivity index (χ1) is 9.36. The molecule has 110 valence electrons. The molecule has 0 spiro atoms. The Morgan fingerprint density at radius 1 is 1.30 bits per heavy atom. The average molecular weight is 286 g/mol. The van der Waals surface area contributed by atoms with E-state index in [0.717, 1.165) is 24.1 Å². The van der Waals surface area contributed by atoms with Gasteiger partial charge in [0.1, 0.15) is 0 Å². The molecule has 0 aromatic heterocycles. The molecular formula is C14H17F3N2O. The average Bonchev–Trinajstić information content (AvgIpc) is 2.82. The highest BCUT2D eigenvalue weighted by Crippen LogP contribution is 2.29. The Hall–Kier alpha value is -1.56. The summed E-state index contributed by atoms with van der Waals surface area (Å²) in [7, 11) is 0. The normalized spacial score (nSPS) is 19.4. The molecule has 1 fully saturated rings. The van der Waals surface area contributed by atoms with Crippen LogP contribution < -0.4 is 5.73 Å². The largest absolute Gasteiger partial charge is 0.416 e. The summed E-state index contributed by atoms with van der Waals surface area (Å²) in [5, 5.41) is 0. The van der Waals surface area contributed by atoms with E-state index < -0.39 is 11.7 Å². The molecule has 1 amide bonds. The second-order valence-electron chi connectivity index (χ2n) is 5.08. The predicted molar refractivity (Wildman–Crippen MR) is 68.9 cm³/mol. The first-order valence-corrected chi connectivity index (χ1v) is 6.56. The molecule has 2 rings (SSSR count). The van der Waals surface area contributed by atoms with Gasteiger partial charge in [-0.3, -0.25) is 4.79 Å². The van der Waals surface area contributed by atoms with Gasteiger partial charge in [0.25, 0.3) is 0 Å². The molecule has 0 radical (unpaired) electrons. The van der Waals surface area contributed by atoms with Crippen molar-refractivity contribution in [2.45, 2.75) is 31.5 Å². The highest BCUT2D eigenvalue weighted by atomic mass is 19.4. The molecule has 1 saturated heterocycles. The van der Waals surface area contributed by atoms with E-state index in [-0.39, 0.29) is 11.9 Å². The van der Waals surface area contributed by atoms with E-state index in [1.165, 1.54) is 12.1 Å². The molecule has 1 heterocycles. The van der Waals surface area contributed by atoms with Crippen molar-refractivity contribution in [2.24, 2.45) is 5.73 Å². The lowest BCUT2D eigenvalue weighted by Gasteiger charge is -2.15. The van der Waals surface area contributed by atoms with Crippen LogP contribution in [0.4, 0.5) is 13.2 Å². The van der Waals surface area contributed by atoms with Crippen molar-refractivity contribution >= 4 is 5.91 Å². The third-order valence-electron chi connectivity index (χ3n) is 3.49. The maximum atomic E-state index is 12.4. The SMILES string of the molecule is NC1CCN(C(=O)CCc2ccc(C(F)(F)F)cc2)C1. The van der Waals surface area contributed by atoms with Crippen LogP contribution in [0, 0.1) is 0 Å². The van der Waals surface area contributed by atoms with Gasteiger partial charge < -0.3 is 10.6 Å². The van der Waals surface area contributed by atoms with Crippen LogP contribution >= 0.6 is 0 Å². The fourth-order valence-corrected chi connectivity index (χ4v) is 2.28. The molecule has 1 aromatic carbocycles. The molecule has 20 heavy (non-hydrogen) atoms. The van der Waals surface area contributed by atoms with Crippen LogP contribution in [0.25, 0.3) is 0 Å². The Morgan fingerprint density at radius 3 is 2.45 bits per heavy atom. The lowest BCUT2D eigenvalue weighted by Crippen LogP contribution is -2.31. The van der Waals surface area contributed by atoms with Gasteiger partial charge in [0.2, 0.25) is 5.91 Å². The smallest absolute Gasteiger partial charge is 0.341 e. The number of benzene rings is 1. The fourth-order valence-electron chi connectivity index (χ4n) is 2.28. The van der Waals surface area contributed by atoms with E-state index in [2.05, 4.69) is 0 Å².